The molecule has 0 saturated carbocycles. The fourth-order valence-corrected chi connectivity index (χ4v) is 2.15. The van der Waals surface area contributed by atoms with E-state index in [1.165, 1.54) is 13.4 Å². The Hall–Kier alpha value is -1.78. The van der Waals surface area contributed by atoms with E-state index in [0.717, 1.165) is 0 Å². The molecule has 2 rings (SSSR count). The van der Waals surface area contributed by atoms with Crippen LogP contribution in [0.25, 0.3) is 0 Å². The summed E-state index contributed by atoms with van der Waals surface area (Å²) in [7, 11) is 1.37. The third kappa shape index (κ3) is 2.18. The Morgan fingerprint density at radius 2 is 2.24 bits per heavy atom. The van der Waals surface area contributed by atoms with Crippen LogP contribution in [0.5, 0.6) is 0 Å². The SMILES string of the molecule is COC(=O)C1CN(C(=O)c2ccco2)CC1C. The van der Waals surface area contributed by atoms with Gasteiger partial charge in [0.2, 0.25) is 0 Å². The van der Waals surface area contributed by atoms with Crippen molar-refractivity contribution in [3.63, 3.8) is 0 Å². The molecular weight excluding hydrogens is 222 g/mol. The first-order valence-corrected chi connectivity index (χ1v) is 5.54. The number of carbonyl (C=O) groups is 2. The van der Waals surface area contributed by atoms with Crippen LogP contribution in [-0.2, 0) is 9.53 Å². The molecule has 1 saturated heterocycles. The number of nitrogens with zero attached hydrogens (tertiary/aromatic N) is 1. The molecule has 1 aliphatic rings. The Morgan fingerprint density at radius 1 is 1.47 bits per heavy atom. The number of methoxy groups -OCH3 is 1. The number of hydrogen-bond donors (Lipinski definition) is 0. The highest BCUT2D eigenvalue weighted by molar-refractivity contribution is 5.92. The van der Waals surface area contributed by atoms with Gasteiger partial charge < -0.3 is 14.1 Å². The molecule has 1 aliphatic heterocycles. The van der Waals surface area contributed by atoms with Crippen molar-refractivity contribution < 1.29 is 18.7 Å². The maximum Gasteiger partial charge on any atom is 0.310 e. The molecule has 0 radical (unpaired) electrons. The van der Waals surface area contributed by atoms with Crippen molar-refractivity contribution in [2.75, 3.05) is 20.2 Å². The maximum atomic E-state index is 12.0. The zero-order valence-electron chi connectivity index (χ0n) is 9.88. The first-order chi connectivity index (χ1) is 8.13. The summed E-state index contributed by atoms with van der Waals surface area (Å²) in [6.45, 7) is 2.89. The third-order valence-electron chi connectivity index (χ3n) is 3.14. The van der Waals surface area contributed by atoms with E-state index in [0.29, 0.717) is 18.8 Å². The van der Waals surface area contributed by atoms with Gasteiger partial charge in [-0.15, -0.1) is 0 Å². The Balaban J connectivity index is 2.06. The lowest BCUT2D eigenvalue weighted by Gasteiger charge is -2.13. The van der Waals surface area contributed by atoms with Gasteiger partial charge in [0.15, 0.2) is 5.76 Å². The standard InChI is InChI=1S/C12H15NO4/c1-8-6-13(7-9(8)12(15)16-2)11(14)10-4-3-5-17-10/h3-5,8-9H,6-7H2,1-2H3. The van der Waals surface area contributed by atoms with Crippen molar-refractivity contribution in [1.29, 1.82) is 0 Å². The number of likely N-dealkylation sites (tertiary alicyclic amines) is 1. The molecule has 17 heavy (non-hydrogen) atoms. The van der Waals surface area contributed by atoms with Gasteiger partial charge in [-0.25, -0.2) is 0 Å². The van der Waals surface area contributed by atoms with Crippen molar-refractivity contribution in [2.45, 2.75) is 6.92 Å². The van der Waals surface area contributed by atoms with E-state index < -0.39 is 0 Å². The Kier molecular flexibility index (Phi) is 3.17. The lowest BCUT2D eigenvalue weighted by molar-refractivity contribution is -0.146. The first kappa shape index (κ1) is 11.7. The van der Waals surface area contributed by atoms with Gasteiger partial charge in [-0.2, -0.15) is 0 Å². The van der Waals surface area contributed by atoms with E-state index in [2.05, 4.69) is 0 Å². The van der Waals surface area contributed by atoms with Gasteiger partial charge >= 0.3 is 5.97 Å². The molecule has 5 heteroatoms. The fraction of sp³-hybridized carbons (Fsp3) is 0.500. The van der Waals surface area contributed by atoms with Crippen molar-refractivity contribution >= 4 is 11.9 Å². The fourth-order valence-electron chi connectivity index (χ4n) is 2.15. The predicted octanol–water partition coefficient (Wildman–Crippen LogP) is 1.16. The van der Waals surface area contributed by atoms with Crippen molar-refractivity contribution in [3.05, 3.63) is 24.2 Å². The maximum absolute atomic E-state index is 12.0. The van der Waals surface area contributed by atoms with Crippen molar-refractivity contribution in [2.24, 2.45) is 11.8 Å². The normalized spacial score (nSPS) is 23.8. The second kappa shape index (κ2) is 4.61. The monoisotopic (exact) mass is 237 g/mol. The molecule has 2 heterocycles. The van der Waals surface area contributed by atoms with Crippen LogP contribution in [0, 0.1) is 11.8 Å². The number of amides is 1. The highest BCUT2D eigenvalue weighted by atomic mass is 16.5. The summed E-state index contributed by atoms with van der Waals surface area (Å²) in [5.74, 6) is -0.247. The molecular formula is C12H15NO4. The van der Waals surface area contributed by atoms with Crippen LogP contribution < -0.4 is 0 Å². The zero-order chi connectivity index (χ0) is 12.4. The quantitative estimate of drug-likeness (QED) is 0.724. The molecule has 0 spiro atoms. The minimum atomic E-state index is -0.257. The topological polar surface area (TPSA) is 59.8 Å². The number of ether oxygens (including phenoxy) is 1. The van der Waals surface area contributed by atoms with Gasteiger partial charge in [-0.1, -0.05) is 6.92 Å². The Labute approximate surface area is 99.3 Å². The molecule has 0 aliphatic carbocycles. The van der Waals surface area contributed by atoms with E-state index in [1.54, 1.807) is 17.0 Å². The van der Waals surface area contributed by atoms with Crippen LogP contribution in [0.1, 0.15) is 17.5 Å². The Bertz CT molecular complexity index is 412. The van der Waals surface area contributed by atoms with Gasteiger partial charge in [0.05, 0.1) is 19.3 Å². The number of furan rings is 1. The summed E-state index contributed by atoms with van der Waals surface area (Å²) >= 11 is 0. The predicted molar refractivity (Wildman–Crippen MR) is 59.3 cm³/mol. The smallest absolute Gasteiger partial charge is 0.310 e. The molecule has 1 amide bonds. The summed E-state index contributed by atoms with van der Waals surface area (Å²) in [5.41, 5.74) is 0. The average molecular weight is 237 g/mol. The van der Waals surface area contributed by atoms with Gasteiger partial charge in [-0.3, -0.25) is 9.59 Å². The number of carbonyl (C=O) groups excluding carboxylic acids is 2. The zero-order valence-corrected chi connectivity index (χ0v) is 9.88. The highest BCUT2D eigenvalue weighted by Crippen LogP contribution is 2.25. The number of rotatable bonds is 2. The average Bonchev–Trinajstić information content (AvgIpc) is 2.96. The van der Waals surface area contributed by atoms with E-state index in [9.17, 15) is 9.59 Å². The molecule has 92 valence electrons. The first-order valence-electron chi connectivity index (χ1n) is 5.54. The van der Waals surface area contributed by atoms with E-state index in [-0.39, 0.29) is 23.7 Å². The molecule has 0 aromatic carbocycles. The second-order valence-corrected chi connectivity index (χ2v) is 4.29. The minimum Gasteiger partial charge on any atom is -0.469 e. The number of hydrogen-bond acceptors (Lipinski definition) is 4. The van der Waals surface area contributed by atoms with Gasteiger partial charge in [0.25, 0.3) is 5.91 Å². The second-order valence-electron chi connectivity index (χ2n) is 4.29. The van der Waals surface area contributed by atoms with Crippen LogP contribution in [-0.4, -0.2) is 37.0 Å². The summed E-state index contributed by atoms with van der Waals surface area (Å²) < 4.78 is 9.78. The molecule has 1 aromatic rings. The van der Waals surface area contributed by atoms with Crippen LogP contribution in [0.15, 0.2) is 22.8 Å². The van der Waals surface area contributed by atoms with Crippen LogP contribution >= 0.6 is 0 Å². The van der Waals surface area contributed by atoms with Crippen LogP contribution in [0.3, 0.4) is 0 Å². The summed E-state index contributed by atoms with van der Waals surface area (Å²) in [6.07, 6.45) is 1.46. The van der Waals surface area contributed by atoms with Crippen molar-refractivity contribution in [3.8, 4) is 0 Å². The van der Waals surface area contributed by atoms with Gasteiger partial charge in [0, 0.05) is 13.1 Å². The molecule has 1 fully saturated rings. The molecule has 5 nitrogen and oxygen atoms in total. The lowest BCUT2D eigenvalue weighted by atomic mass is 9.99. The highest BCUT2D eigenvalue weighted by Gasteiger charge is 2.38. The minimum absolute atomic E-state index is 0.112. The largest absolute Gasteiger partial charge is 0.469 e. The summed E-state index contributed by atoms with van der Waals surface area (Å²) in [6, 6.07) is 3.29. The molecule has 0 bridgehead atoms. The van der Waals surface area contributed by atoms with Crippen LogP contribution in [0.4, 0.5) is 0 Å². The van der Waals surface area contributed by atoms with E-state index >= 15 is 0 Å². The molecule has 2 atom stereocenters. The molecule has 0 N–H and O–H groups in total. The lowest BCUT2D eigenvalue weighted by Crippen LogP contribution is -2.29. The molecule has 2 unspecified atom stereocenters. The van der Waals surface area contributed by atoms with E-state index in [4.69, 9.17) is 9.15 Å². The Morgan fingerprint density at radius 3 is 2.82 bits per heavy atom. The molecule has 1 aromatic heterocycles. The van der Waals surface area contributed by atoms with Gasteiger partial charge in [0.1, 0.15) is 0 Å². The number of esters is 1. The summed E-state index contributed by atoms with van der Waals surface area (Å²) in [5, 5.41) is 0. The third-order valence-corrected chi connectivity index (χ3v) is 3.14. The van der Waals surface area contributed by atoms with Gasteiger partial charge in [-0.05, 0) is 18.1 Å². The van der Waals surface area contributed by atoms with Crippen LogP contribution in [0.2, 0.25) is 0 Å². The van der Waals surface area contributed by atoms with E-state index in [1.807, 2.05) is 6.92 Å². The summed E-state index contributed by atoms with van der Waals surface area (Å²) in [4.78, 5) is 25.1. The van der Waals surface area contributed by atoms with Crippen molar-refractivity contribution in [1.82, 2.24) is 4.90 Å².